The first-order valence-electron chi connectivity index (χ1n) is 41.5. The van der Waals surface area contributed by atoms with Crippen molar-refractivity contribution in [1.82, 2.24) is 0 Å². The maximum absolute atomic E-state index is 12.4. The lowest BCUT2D eigenvalue weighted by atomic mass is 9.77. The van der Waals surface area contributed by atoms with Gasteiger partial charge in [-0.1, -0.05) is 333 Å². The number of unbranched alkanes of at least 4 members (excludes halogenated alkanes) is 26. The molecule has 0 radical (unpaired) electrons. The first-order valence-corrected chi connectivity index (χ1v) is 75.1. The number of hydrogen-bond acceptors (Lipinski definition) is 7. The van der Waals surface area contributed by atoms with Crippen molar-refractivity contribution in [3.63, 3.8) is 0 Å². The van der Waals surface area contributed by atoms with Gasteiger partial charge in [-0.25, -0.2) is 0 Å². The van der Waals surface area contributed by atoms with Gasteiger partial charge in [0.1, 0.15) is 0 Å². The van der Waals surface area contributed by atoms with E-state index in [1.165, 1.54) is 199 Å². The molecule has 0 fully saturated rings. The Morgan fingerprint density at radius 3 is 0.960 bits per heavy atom. The molecule has 0 aliphatic rings. The summed E-state index contributed by atoms with van der Waals surface area (Å²) in [6.07, 6.45) is 43.7. The zero-order valence-corrected chi connectivity index (χ0v) is 85.4. The van der Waals surface area contributed by atoms with E-state index in [1.54, 1.807) is 0 Å². The molecule has 0 spiro atoms. The van der Waals surface area contributed by atoms with E-state index >= 15 is 0 Å². The molecule has 0 N–H and O–H groups in total. The molecule has 2 unspecified atom stereocenters. The highest BCUT2D eigenvalue weighted by Gasteiger charge is 2.53. The fourth-order valence-electron chi connectivity index (χ4n) is 15.2. The minimum absolute atomic E-state index is 0. The van der Waals surface area contributed by atoms with Crippen LogP contribution in [0.3, 0.4) is 0 Å². The van der Waals surface area contributed by atoms with Crippen LogP contribution in [-0.2, 0) is 29.5 Å². The number of rotatable bonds is 53. The predicted octanol–water partition coefficient (Wildman–Crippen LogP) is 31.5. The summed E-state index contributed by atoms with van der Waals surface area (Å²) in [7, 11) is -18.8. The van der Waals surface area contributed by atoms with Crippen LogP contribution in [0.2, 0.25) is 192 Å². The third-order valence-corrected chi connectivity index (χ3v) is 50.4. The average molecular weight is 1610 g/mol. The molecule has 2 atom stereocenters. The van der Waals surface area contributed by atoms with Gasteiger partial charge in [-0.05, 0) is 191 Å². The summed E-state index contributed by atoms with van der Waals surface area (Å²) in [5, 5.41) is 1.47. The normalized spacial score (nSPS) is 14.3. The van der Waals surface area contributed by atoms with E-state index in [4.69, 9.17) is 25.0 Å². The second-order valence-corrected chi connectivity index (χ2v) is 88.8. The molecule has 7 nitrogen and oxygen atoms in total. The minimum Gasteiger partial charge on any atom is -0.436 e. The van der Waals surface area contributed by atoms with Gasteiger partial charge >= 0.3 is 17.4 Å². The second-order valence-electron chi connectivity index (χ2n) is 41.2. The van der Waals surface area contributed by atoms with E-state index in [0.29, 0.717) is 16.0 Å². The monoisotopic (exact) mass is 1610 g/mol. The van der Waals surface area contributed by atoms with Gasteiger partial charge < -0.3 is 29.5 Å². The lowest BCUT2D eigenvalue weighted by Crippen LogP contribution is -2.67. The van der Waals surface area contributed by atoms with Crippen LogP contribution in [0.25, 0.3) is 0 Å². The third-order valence-electron chi connectivity index (χ3n) is 19.1. The second kappa shape index (κ2) is 52.4. The summed E-state index contributed by atoms with van der Waals surface area (Å²) in [5.74, 6) is 0. The molecule has 1 aromatic rings. The fourth-order valence-corrected chi connectivity index (χ4v) is 50.7. The molecule has 0 aromatic heterocycles. The van der Waals surface area contributed by atoms with Crippen molar-refractivity contribution in [2.24, 2.45) is 10.8 Å². The molecule has 18 heteroatoms. The Labute approximate surface area is 651 Å². The van der Waals surface area contributed by atoms with Crippen molar-refractivity contribution in [2.45, 2.75) is 488 Å². The molecule has 1 aromatic carbocycles. The van der Waals surface area contributed by atoms with Gasteiger partial charge in [0.25, 0.3) is 8.68 Å². The number of hydrogen-bond donors (Lipinski definition) is 0. The largest absolute Gasteiger partial charge is 0.505 e. The molecule has 101 heavy (non-hydrogen) atoms. The molecule has 0 aliphatic carbocycles. The van der Waals surface area contributed by atoms with Crippen LogP contribution in [0.1, 0.15) is 290 Å². The van der Waals surface area contributed by atoms with Gasteiger partial charge in [0.15, 0.2) is 49.9 Å². The van der Waals surface area contributed by atoms with Crippen LogP contribution in [0.4, 0.5) is 0 Å². The van der Waals surface area contributed by atoms with Crippen LogP contribution in [0.5, 0.6) is 0 Å². The van der Waals surface area contributed by atoms with E-state index in [-0.39, 0.29) is 25.9 Å². The van der Waals surface area contributed by atoms with Crippen molar-refractivity contribution < 1.29 is 29.5 Å². The van der Waals surface area contributed by atoms with E-state index in [9.17, 15) is 4.46 Å². The summed E-state index contributed by atoms with van der Waals surface area (Å²) in [4.78, 5) is 0. The van der Waals surface area contributed by atoms with E-state index in [1.807, 2.05) is 18.2 Å². The topological polar surface area (TPSA) is 72.5 Å². The van der Waals surface area contributed by atoms with E-state index < -0.39 is 92.1 Å². The highest BCUT2D eigenvalue weighted by atomic mass is 28.5. The minimum atomic E-state index is -2.89. The molecule has 608 valence electrons. The van der Waals surface area contributed by atoms with Gasteiger partial charge in [0.05, 0.1) is 13.7 Å². The van der Waals surface area contributed by atoms with Crippen LogP contribution < -0.4 is 5.19 Å². The Morgan fingerprint density at radius 2 is 0.693 bits per heavy atom. The van der Waals surface area contributed by atoms with Crippen molar-refractivity contribution >= 4 is 97.3 Å². The SMILES string of the molecule is C.C.CC(C)(CC(C)(C)O[Si](C)(C)C)C[Si](C)(C)C.CCCCCCCCCCCCCCCCC(C)(C(C)(C)C[Si](=O)CC)[Si](C)(C)C.CCCCCCCCCCCCCCCCC(C)[Si](C)(O[Si](C)(C)C)O[Si](C)(C)C.C[Si](C)(C)O[Si](O[Si](C)(C)C)(O[Si](C)(C)C)c1ccccc1. The Balaban J connectivity index is -0.000000411. The lowest BCUT2D eigenvalue weighted by molar-refractivity contribution is 0.0546. The molecule has 0 bridgehead atoms. The average Bonchev–Trinajstić information content (AvgIpc) is 0.774. The summed E-state index contributed by atoms with van der Waals surface area (Å²) in [5.41, 5.74) is 1.20. The Morgan fingerprint density at radius 1 is 0.396 bits per heavy atom. The fraction of sp³-hybridized carbons (Fsp3) is 0.928. The van der Waals surface area contributed by atoms with E-state index in [2.05, 4.69) is 252 Å². The highest BCUT2D eigenvalue weighted by Crippen LogP contribution is 2.58. The molecule has 1 rings (SSSR count). The predicted molar refractivity (Wildman–Crippen MR) is 491 cm³/mol. The zero-order valence-electron chi connectivity index (χ0n) is 74.4. The maximum Gasteiger partial charge on any atom is 0.505 e. The van der Waals surface area contributed by atoms with Crippen LogP contribution in [-0.4, -0.2) is 97.7 Å². The Bertz CT molecular complexity index is 2080. The number of benzene rings is 1. The van der Waals surface area contributed by atoms with Gasteiger partial charge in [-0.15, -0.1) is 0 Å². The molecule has 0 saturated heterocycles. The van der Waals surface area contributed by atoms with E-state index in [0.717, 1.165) is 23.7 Å². The standard InChI is InChI=1S/C27H58OSi2.C25H58O2Si3.C15H32O3Si4.C14H34OSi2.2CH4/c1-9-11-12-13-14-15-16-17-18-19-20-21-22-23-24-27(5,30(6,7)8)26(3,4)25-29(28)10-2;1-10-11-12-13-14-15-16-17-18-19-20-21-22-23-24-25(2)30(9,26-28(3,4)5)27-29(6,7)8;1-19(2,3)16-22(17-20(4,5)6,18-21(7,8)9)15-13-11-10-12-14-15;1-13(2,12-16(5,6)7)11-14(3,4)15-17(8,9)10;;/h9-25H2,1-8H3;25H,10-24H2,1-9H3;10-14H,1-9H3;11-12H2,1-10H3;2*1H4. The first-order chi connectivity index (χ1) is 44.8. The van der Waals surface area contributed by atoms with Gasteiger partial charge in [0, 0.05) is 13.3 Å². The summed E-state index contributed by atoms with van der Waals surface area (Å²) >= 11 is 0. The Hall–Kier alpha value is 1.17. The van der Waals surface area contributed by atoms with Crippen LogP contribution in [0, 0.1) is 10.8 Å². The maximum atomic E-state index is 12.4. The van der Waals surface area contributed by atoms with Gasteiger partial charge in [-0.2, -0.15) is 0 Å². The first kappa shape index (κ1) is 111. The highest BCUT2D eigenvalue weighted by molar-refractivity contribution is 6.95. The molecule has 0 amide bonds. The molecular formula is C83H190O7Si11. The third kappa shape index (κ3) is 61.5. The zero-order chi connectivity index (χ0) is 77.6. The quantitative estimate of drug-likeness (QED) is 0.0475. The van der Waals surface area contributed by atoms with Gasteiger partial charge in [-0.3, -0.25) is 0 Å². The summed E-state index contributed by atoms with van der Waals surface area (Å²) < 4.78 is 52.2. The molecule has 0 saturated carbocycles. The molecular weight excluding hydrogens is 1420 g/mol. The van der Waals surface area contributed by atoms with Crippen molar-refractivity contribution in [1.29, 1.82) is 0 Å². The van der Waals surface area contributed by atoms with Gasteiger partial charge in [0.2, 0.25) is 0 Å². The van der Waals surface area contributed by atoms with Crippen LogP contribution in [0.15, 0.2) is 30.3 Å². The van der Waals surface area contributed by atoms with Crippen LogP contribution >= 0.6 is 0 Å². The summed E-state index contributed by atoms with van der Waals surface area (Å²) in [6.45, 7) is 83.6. The van der Waals surface area contributed by atoms with Crippen molar-refractivity contribution in [3.8, 4) is 0 Å². The van der Waals surface area contributed by atoms with Crippen molar-refractivity contribution in [3.05, 3.63) is 30.3 Å². The molecule has 0 heterocycles. The molecule has 0 aliphatic heterocycles. The smallest absolute Gasteiger partial charge is 0.436 e. The lowest BCUT2D eigenvalue weighted by Gasteiger charge is -2.52. The summed E-state index contributed by atoms with van der Waals surface area (Å²) in [6, 6.07) is 13.5. The van der Waals surface area contributed by atoms with Crippen molar-refractivity contribution in [2.75, 3.05) is 0 Å². The Kier molecular flexibility index (Phi) is 57.5.